The molecule has 0 aliphatic rings. The van der Waals surface area contributed by atoms with Crippen LogP contribution in [0.4, 0.5) is 11.4 Å². The second kappa shape index (κ2) is 4.87. The second-order valence-corrected chi connectivity index (χ2v) is 3.86. The van der Waals surface area contributed by atoms with Gasteiger partial charge in [0.05, 0.1) is 10.6 Å². The van der Waals surface area contributed by atoms with Crippen molar-refractivity contribution >= 4 is 11.4 Å². The van der Waals surface area contributed by atoms with Gasteiger partial charge in [-0.1, -0.05) is 6.07 Å². The molecule has 0 radical (unpaired) electrons. The molecule has 0 spiro atoms. The molecule has 2 aromatic rings. The molecule has 0 unspecified atom stereocenters. The molecule has 6 nitrogen and oxygen atoms in total. The fourth-order valence-electron chi connectivity index (χ4n) is 1.79. The van der Waals surface area contributed by atoms with Gasteiger partial charge in [-0.15, -0.1) is 0 Å². The maximum Gasteiger partial charge on any atom is 0.317 e. The van der Waals surface area contributed by atoms with Gasteiger partial charge in [0, 0.05) is 12.7 Å². The Balaban J connectivity index is 2.59. The van der Waals surface area contributed by atoms with Crippen LogP contribution in [0.5, 0.6) is 0 Å². The summed E-state index contributed by atoms with van der Waals surface area (Å²) in [7, 11) is 0. The SMILES string of the molecule is CCNc1cccc(-n2ccc(C)n2)c1[N+](=O)[O-]. The zero-order valence-corrected chi connectivity index (χ0v) is 10.3. The number of nitro benzene ring substituents is 1. The fourth-order valence-corrected chi connectivity index (χ4v) is 1.79. The van der Waals surface area contributed by atoms with Gasteiger partial charge in [0.1, 0.15) is 11.4 Å². The molecule has 0 saturated carbocycles. The number of nitrogens with one attached hydrogen (secondary N) is 1. The zero-order chi connectivity index (χ0) is 13.1. The summed E-state index contributed by atoms with van der Waals surface area (Å²) >= 11 is 0. The molecule has 0 saturated heterocycles. The minimum Gasteiger partial charge on any atom is -0.380 e. The van der Waals surface area contributed by atoms with Gasteiger partial charge in [-0.3, -0.25) is 10.1 Å². The third kappa shape index (κ3) is 2.17. The summed E-state index contributed by atoms with van der Waals surface area (Å²) in [6.07, 6.45) is 1.72. The van der Waals surface area contributed by atoms with Crippen LogP contribution < -0.4 is 5.32 Å². The zero-order valence-electron chi connectivity index (χ0n) is 10.3. The van der Waals surface area contributed by atoms with Crippen molar-refractivity contribution in [2.75, 3.05) is 11.9 Å². The Kier molecular flexibility index (Phi) is 3.27. The van der Waals surface area contributed by atoms with Crippen molar-refractivity contribution in [2.24, 2.45) is 0 Å². The fraction of sp³-hybridized carbons (Fsp3) is 0.250. The van der Waals surface area contributed by atoms with Gasteiger partial charge in [0.15, 0.2) is 0 Å². The lowest BCUT2D eigenvalue weighted by Crippen LogP contribution is -2.06. The lowest BCUT2D eigenvalue weighted by Gasteiger charge is -2.08. The minimum absolute atomic E-state index is 0.0439. The number of hydrogen-bond acceptors (Lipinski definition) is 4. The Hall–Kier alpha value is -2.37. The monoisotopic (exact) mass is 246 g/mol. The number of rotatable bonds is 4. The highest BCUT2D eigenvalue weighted by Gasteiger charge is 2.20. The van der Waals surface area contributed by atoms with Crippen molar-refractivity contribution in [3.05, 3.63) is 46.3 Å². The van der Waals surface area contributed by atoms with Crippen LogP contribution in [0.25, 0.3) is 5.69 Å². The summed E-state index contributed by atoms with van der Waals surface area (Å²) in [5, 5.41) is 18.4. The first-order chi connectivity index (χ1) is 8.63. The Labute approximate surface area is 104 Å². The van der Waals surface area contributed by atoms with Crippen LogP contribution in [0.1, 0.15) is 12.6 Å². The molecule has 0 aliphatic heterocycles. The molecule has 1 aromatic heterocycles. The van der Waals surface area contributed by atoms with Crippen LogP contribution in [0.3, 0.4) is 0 Å². The number of aryl methyl sites for hydroxylation is 1. The molecule has 94 valence electrons. The van der Waals surface area contributed by atoms with Crippen molar-refractivity contribution in [2.45, 2.75) is 13.8 Å². The standard InChI is InChI=1S/C12H14N4O2/c1-3-13-10-5-4-6-11(12(10)16(17)18)15-8-7-9(2)14-15/h4-8,13H,3H2,1-2H3. The molecule has 0 aliphatic carbocycles. The highest BCUT2D eigenvalue weighted by atomic mass is 16.6. The van der Waals surface area contributed by atoms with E-state index in [9.17, 15) is 10.1 Å². The molecule has 2 rings (SSSR count). The van der Waals surface area contributed by atoms with Crippen molar-refractivity contribution in [1.82, 2.24) is 9.78 Å². The second-order valence-electron chi connectivity index (χ2n) is 3.86. The number of nitrogens with zero attached hydrogens (tertiary/aromatic N) is 3. The average Bonchev–Trinajstić information content (AvgIpc) is 2.75. The summed E-state index contributed by atoms with van der Waals surface area (Å²) in [5.41, 5.74) is 1.83. The number of benzene rings is 1. The van der Waals surface area contributed by atoms with E-state index in [-0.39, 0.29) is 10.6 Å². The molecular formula is C12H14N4O2. The average molecular weight is 246 g/mol. The van der Waals surface area contributed by atoms with Crippen molar-refractivity contribution in [1.29, 1.82) is 0 Å². The Bertz CT molecular complexity index is 577. The molecule has 1 N–H and O–H groups in total. The lowest BCUT2D eigenvalue weighted by atomic mass is 10.2. The van der Waals surface area contributed by atoms with E-state index in [1.807, 2.05) is 19.9 Å². The van der Waals surface area contributed by atoms with Gasteiger partial charge in [0.2, 0.25) is 0 Å². The van der Waals surface area contributed by atoms with E-state index in [4.69, 9.17) is 0 Å². The van der Waals surface area contributed by atoms with Gasteiger partial charge >= 0.3 is 5.69 Å². The van der Waals surface area contributed by atoms with E-state index < -0.39 is 0 Å². The summed E-state index contributed by atoms with van der Waals surface area (Å²) < 4.78 is 1.52. The first-order valence-electron chi connectivity index (χ1n) is 5.67. The van der Waals surface area contributed by atoms with Gasteiger partial charge in [-0.05, 0) is 32.0 Å². The van der Waals surface area contributed by atoms with E-state index >= 15 is 0 Å². The highest BCUT2D eigenvalue weighted by Crippen LogP contribution is 2.30. The molecule has 0 fully saturated rings. The smallest absolute Gasteiger partial charge is 0.317 e. The molecule has 1 aromatic carbocycles. The van der Waals surface area contributed by atoms with Crippen molar-refractivity contribution in [3.8, 4) is 5.69 Å². The maximum absolute atomic E-state index is 11.2. The highest BCUT2D eigenvalue weighted by molar-refractivity contribution is 5.70. The Morgan fingerprint density at radius 2 is 2.22 bits per heavy atom. The summed E-state index contributed by atoms with van der Waals surface area (Å²) in [6.45, 7) is 4.37. The topological polar surface area (TPSA) is 73.0 Å². The molecule has 0 bridgehead atoms. The van der Waals surface area contributed by atoms with Gasteiger partial charge in [-0.25, -0.2) is 4.68 Å². The van der Waals surface area contributed by atoms with Crippen LogP contribution in [0, 0.1) is 17.0 Å². The molecular weight excluding hydrogens is 232 g/mol. The predicted molar refractivity (Wildman–Crippen MR) is 69.1 cm³/mol. The molecule has 0 atom stereocenters. The third-order valence-electron chi connectivity index (χ3n) is 2.53. The van der Waals surface area contributed by atoms with E-state index in [2.05, 4.69) is 10.4 Å². The molecule has 1 heterocycles. The summed E-state index contributed by atoms with van der Waals surface area (Å²) in [5.74, 6) is 0. The molecule has 18 heavy (non-hydrogen) atoms. The van der Waals surface area contributed by atoms with E-state index in [1.54, 1.807) is 24.4 Å². The van der Waals surface area contributed by atoms with Crippen LogP contribution in [0.15, 0.2) is 30.5 Å². The van der Waals surface area contributed by atoms with Crippen LogP contribution in [-0.2, 0) is 0 Å². The Morgan fingerprint density at radius 3 is 2.78 bits per heavy atom. The van der Waals surface area contributed by atoms with E-state index in [0.29, 0.717) is 17.9 Å². The Morgan fingerprint density at radius 1 is 1.44 bits per heavy atom. The van der Waals surface area contributed by atoms with Gasteiger partial charge < -0.3 is 5.32 Å². The van der Waals surface area contributed by atoms with Crippen LogP contribution >= 0.6 is 0 Å². The van der Waals surface area contributed by atoms with Crippen molar-refractivity contribution < 1.29 is 4.92 Å². The summed E-state index contributed by atoms with van der Waals surface area (Å²) in [4.78, 5) is 10.8. The van der Waals surface area contributed by atoms with Gasteiger partial charge in [0.25, 0.3) is 0 Å². The van der Waals surface area contributed by atoms with Crippen LogP contribution in [0.2, 0.25) is 0 Å². The number of anilines is 1. The largest absolute Gasteiger partial charge is 0.380 e. The maximum atomic E-state index is 11.2. The first kappa shape index (κ1) is 12.1. The van der Waals surface area contributed by atoms with E-state index in [0.717, 1.165) is 5.69 Å². The number of para-hydroxylation sites is 1. The normalized spacial score (nSPS) is 10.3. The van der Waals surface area contributed by atoms with E-state index in [1.165, 1.54) is 4.68 Å². The quantitative estimate of drug-likeness (QED) is 0.664. The lowest BCUT2D eigenvalue weighted by molar-refractivity contribution is -0.383. The predicted octanol–water partition coefficient (Wildman–Crippen LogP) is 2.52. The summed E-state index contributed by atoms with van der Waals surface area (Å²) in [6, 6.07) is 6.97. The molecule has 0 amide bonds. The third-order valence-corrected chi connectivity index (χ3v) is 2.53. The van der Waals surface area contributed by atoms with Crippen LogP contribution in [-0.4, -0.2) is 21.2 Å². The van der Waals surface area contributed by atoms with Gasteiger partial charge in [-0.2, -0.15) is 5.10 Å². The number of hydrogen-bond donors (Lipinski definition) is 1. The minimum atomic E-state index is -0.385. The number of nitro groups is 1. The van der Waals surface area contributed by atoms with Crippen molar-refractivity contribution in [3.63, 3.8) is 0 Å². The number of aromatic nitrogens is 2. The molecule has 6 heteroatoms. The first-order valence-corrected chi connectivity index (χ1v) is 5.67.